The lowest BCUT2D eigenvalue weighted by Crippen LogP contribution is -2.23. The maximum absolute atomic E-state index is 8.61. The molecule has 0 aliphatic carbocycles. The van der Waals surface area contributed by atoms with Gasteiger partial charge in [0.05, 0.1) is 0 Å². The lowest BCUT2D eigenvalue weighted by Gasteiger charge is -2.14. The molecule has 0 saturated carbocycles. The molecule has 0 bridgehead atoms. The summed E-state index contributed by atoms with van der Waals surface area (Å²) in [5, 5.41) is 12.1. The van der Waals surface area contributed by atoms with Crippen molar-refractivity contribution in [3.05, 3.63) is 0 Å². The fourth-order valence-corrected chi connectivity index (χ4v) is 1.61. The predicted molar refractivity (Wildman–Crippen MR) is 62.5 cm³/mol. The predicted octanol–water partition coefficient (Wildman–Crippen LogP) is 2.56. The fourth-order valence-electron chi connectivity index (χ4n) is 1.61. The monoisotopic (exact) mass is 201 g/mol. The maximum atomic E-state index is 8.61. The van der Waals surface area contributed by atoms with Gasteiger partial charge in [0.15, 0.2) is 0 Å². The summed E-state index contributed by atoms with van der Waals surface area (Å²) in [5.74, 6) is 0.851. The number of unbranched alkanes of at least 4 members (excludes halogenated alkanes) is 2. The molecule has 0 heterocycles. The number of rotatable bonds is 10. The lowest BCUT2D eigenvalue weighted by molar-refractivity contribution is 0.282. The van der Waals surface area contributed by atoms with Crippen LogP contribution in [-0.2, 0) is 0 Å². The standard InChI is InChI=1S/C12H27NO/c1-3-5-8-12(4-2)11-13-9-6-7-10-14/h12-14H,3-11H2,1-2H3. The quantitative estimate of drug-likeness (QED) is 0.532. The Morgan fingerprint density at radius 3 is 2.50 bits per heavy atom. The van der Waals surface area contributed by atoms with Crippen molar-refractivity contribution in [1.82, 2.24) is 5.32 Å². The van der Waals surface area contributed by atoms with Crippen LogP contribution >= 0.6 is 0 Å². The second kappa shape index (κ2) is 11.0. The van der Waals surface area contributed by atoms with E-state index in [0.29, 0.717) is 6.61 Å². The maximum Gasteiger partial charge on any atom is 0.0431 e. The molecule has 0 aromatic rings. The van der Waals surface area contributed by atoms with Crippen LogP contribution < -0.4 is 5.32 Å². The Labute approximate surface area is 89.1 Å². The third-order valence-corrected chi connectivity index (χ3v) is 2.74. The zero-order chi connectivity index (χ0) is 10.6. The van der Waals surface area contributed by atoms with Crippen molar-refractivity contribution < 1.29 is 5.11 Å². The van der Waals surface area contributed by atoms with Crippen LogP contribution in [0.1, 0.15) is 52.4 Å². The van der Waals surface area contributed by atoms with E-state index >= 15 is 0 Å². The summed E-state index contributed by atoms with van der Waals surface area (Å²) >= 11 is 0. The Hall–Kier alpha value is -0.0800. The summed E-state index contributed by atoms with van der Waals surface area (Å²) in [7, 11) is 0. The highest BCUT2D eigenvalue weighted by atomic mass is 16.2. The Kier molecular flexibility index (Phi) is 10.9. The van der Waals surface area contributed by atoms with E-state index in [2.05, 4.69) is 19.2 Å². The molecule has 0 fully saturated rings. The van der Waals surface area contributed by atoms with Crippen LogP contribution in [0.4, 0.5) is 0 Å². The second-order valence-electron chi connectivity index (χ2n) is 4.05. The average Bonchev–Trinajstić information content (AvgIpc) is 2.22. The first-order valence-electron chi connectivity index (χ1n) is 6.16. The van der Waals surface area contributed by atoms with Gasteiger partial charge in [-0.1, -0.05) is 33.1 Å². The number of aliphatic hydroxyl groups excluding tert-OH is 1. The highest BCUT2D eigenvalue weighted by molar-refractivity contribution is 4.60. The fraction of sp³-hybridized carbons (Fsp3) is 1.00. The zero-order valence-corrected chi connectivity index (χ0v) is 9.89. The lowest BCUT2D eigenvalue weighted by atomic mass is 9.99. The Morgan fingerprint density at radius 2 is 1.93 bits per heavy atom. The minimum Gasteiger partial charge on any atom is -0.396 e. The molecule has 0 radical (unpaired) electrons. The molecule has 0 amide bonds. The van der Waals surface area contributed by atoms with Crippen molar-refractivity contribution in [2.75, 3.05) is 19.7 Å². The highest BCUT2D eigenvalue weighted by Crippen LogP contribution is 2.10. The minimum absolute atomic E-state index is 0.328. The van der Waals surface area contributed by atoms with Gasteiger partial charge in [-0.2, -0.15) is 0 Å². The second-order valence-corrected chi connectivity index (χ2v) is 4.05. The van der Waals surface area contributed by atoms with Gasteiger partial charge in [-0.25, -0.2) is 0 Å². The molecule has 1 atom stereocenters. The first-order chi connectivity index (χ1) is 6.85. The van der Waals surface area contributed by atoms with E-state index in [1.807, 2.05) is 0 Å². The Balaban J connectivity index is 3.24. The van der Waals surface area contributed by atoms with E-state index in [-0.39, 0.29) is 0 Å². The largest absolute Gasteiger partial charge is 0.396 e. The number of hydrogen-bond acceptors (Lipinski definition) is 2. The summed E-state index contributed by atoms with van der Waals surface area (Å²) in [4.78, 5) is 0. The van der Waals surface area contributed by atoms with Gasteiger partial charge in [0.1, 0.15) is 0 Å². The normalized spacial score (nSPS) is 13.1. The summed E-state index contributed by atoms with van der Waals surface area (Å²) in [6.45, 7) is 7.07. The zero-order valence-electron chi connectivity index (χ0n) is 9.89. The molecular formula is C12H27NO. The molecule has 2 N–H and O–H groups in total. The van der Waals surface area contributed by atoms with Crippen molar-refractivity contribution in [3.8, 4) is 0 Å². The summed E-state index contributed by atoms with van der Waals surface area (Å²) < 4.78 is 0. The summed E-state index contributed by atoms with van der Waals surface area (Å²) in [6.07, 6.45) is 7.34. The van der Waals surface area contributed by atoms with Crippen LogP contribution in [0.25, 0.3) is 0 Å². The van der Waals surface area contributed by atoms with Gasteiger partial charge in [-0.3, -0.25) is 0 Å². The molecule has 0 aliphatic heterocycles. The number of nitrogens with one attached hydrogen (secondary N) is 1. The van der Waals surface area contributed by atoms with Gasteiger partial charge in [0.2, 0.25) is 0 Å². The SMILES string of the molecule is CCCCC(CC)CNCCCCO. The van der Waals surface area contributed by atoms with Gasteiger partial charge < -0.3 is 10.4 Å². The van der Waals surface area contributed by atoms with E-state index in [1.54, 1.807) is 0 Å². The van der Waals surface area contributed by atoms with Gasteiger partial charge in [0.25, 0.3) is 0 Å². The third-order valence-electron chi connectivity index (χ3n) is 2.74. The van der Waals surface area contributed by atoms with Crippen molar-refractivity contribution in [2.45, 2.75) is 52.4 Å². The van der Waals surface area contributed by atoms with Crippen LogP contribution in [0.3, 0.4) is 0 Å². The molecule has 2 nitrogen and oxygen atoms in total. The Morgan fingerprint density at radius 1 is 1.14 bits per heavy atom. The van der Waals surface area contributed by atoms with Gasteiger partial charge in [0, 0.05) is 6.61 Å². The van der Waals surface area contributed by atoms with Crippen LogP contribution in [0, 0.1) is 5.92 Å². The first-order valence-corrected chi connectivity index (χ1v) is 6.16. The molecular weight excluding hydrogens is 174 g/mol. The van der Waals surface area contributed by atoms with Crippen molar-refractivity contribution in [1.29, 1.82) is 0 Å². The molecule has 0 aromatic heterocycles. The van der Waals surface area contributed by atoms with Crippen LogP contribution in [0.15, 0.2) is 0 Å². The third kappa shape index (κ3) is 8.52. The molecule has 1 unspecified atom stereocenters. The summed E-state index contributed by atoms with van der Waals surface area (Å²) in [6, 6.07) is 0. The smallest absolute Gasteiger partial charge is 0.0431 e. The average molecular weight is 201 g/mol. The molecule has 14 heavy (non-hydrogen) atoms. The Bertz CT molecular complexity index is 106. The topological polar surface area (TPSA) is 32.3 Å². The van der Waals surface area contributed by atoms with E-state index in [9.17, 15) is 0 Å². The van der Waals surface area contributed by atoms with Gasteiger partial charge in [-0.15, -0.1) is 0 Å². The molecule has 2 heteroatoms. The van der Waals surface area contributed by atoms with E-state index < -0.39 is 0 Å². The first kappa shape index (κ1) is 13.9. The van der Waals surface area contributed by atoms with Gasteiger partial charge in [-0.05, 0) is 38.3 Å². The number of hydrogen-bond donors (Lipinski definition) is 2. The van der Waals surface area contributed by atoms with E-state index in [4.69, 9.17) is 5.11 Å². The van der Waals surface area contributed by atoms with Crippen LogP contribution in [0.2, 0.25) is 0 Å². The van der Waals surface area contributed by atoms with Crippen LogP contribution in [0.5, 0.6) is 0 Å². The molecule has 0 rings (SSSR count). The molecule has 0 aliphatic rings. The summed E-state index contributed by atoms with van der Waals surface area (Å²) in [5.41, 5.74) is 0. The van der Waals surface area contributed by atoms with Crippen molar-refractivity contribution in [2.24, 2.45) is 5.92 Å². The highest BCUT2D eigenvalue weighted by Gasteiger charge is 2.04. The molecule has 0 spiro atoms. The molecule has 86 valence electrons. The van der Waals surface area contributed by atoms with Crippen LogP contribution in [-0.4, -0.2) is 24.8 Å². The van der Waals surface area contributed by atoms with Gasteiger partial charge >= 0.3 is 0 Å². The minimum atomic E-state index is 0.328. The number of aliphatic hydroxyl groups is 1. The molecule has 0 aromatic carbocycles. The van der Waals surface area contributed by atoms with E-state index in [0.717, 1.165) is 31.8 Å². The molecule has 0 saturated heterocycles. The van der Waals surface area contributed by atoms with Crippen molar-refractivity contribution in [3.63, 3.8) is 0 Å². The van der Waals surface area contributed by atoms with E-state index in [1.165, 1.54) is 25.7 Å². The van der Waals surface area contributed by atoms with Crippen molar-refractivity contribution >= 4 is 0 Å².